The quantitative estimate of drug-likeness (QED) is 0.321. The van der Waals surface area contributed by atoms with E-state index in [9.17, 15) is 5.11 Å². The molecule has 0 aromatic rings. The fourth-order valence-corrected chi connectivity index (χ4v) is 8.23. The number of rotatable bonds is 11. The number of aliphatic hydroxyl groups excluding tert-OH is 1. The maximum Gasteiger partial charge on any atom is 0.0545 e. The average Bonchev–Trinajstić information content (AvgIpc) is 2.93. The molecule has 2 saturated carbocycles. The van der Waals surface area contributed by atoms with E-state index in [4.69, 9.17) is 0 Å². The Bertz CT molecular complexity index is 624. The lowest BCUT2D eigenvalue weighted by atomic mass is 9.45. The van der Waals surface area contributed by atoms with Crippen LogP contribution in [0.1, 0.15) is 140 Å². The van der Waals surface area contributed by atoms with Gasteiger partial charge in [-0.2, -0.15) is 0 Å². The summed E-state index contributed by atoms with van der Waals surface area (Å²) in [6.07, 6.45) is 12.0. The Balaban J connectivity index is 2.22. The lowest BCUT2D eigenvalue weighted by molar-refractivity contribution is -0.128. The minimum Gasteiger partial charge on any atom is -0.393 e. The summed E-state index contributed by atoms with van der Waals surface area (Å²) in [5, 5.41) is 14.5. The van der Waals surface area contributed by atoms with Crippen molar-refractivity contribution in [1.82, 2.24) is 5.32 Å². The molecule has 0 aromatic carbocycles. The van der Waals surface area contributed by atoms with E-state index in [1.165, 1.54) is 44.9 Å². The van der Waals surface area contributed by atoms with Crippen molar-refractivity contribution in [2.45, 2.75) is 153 Å². The molecule has 2 aliphatic carbocycles. The van der Waals surface area contributed by atoms with Crippen molar-refractivity contribution in [2.75, 3.05) is 6.54 Å². The van der Waals surface area contributed by atoms with Gasteiger partial charge in [-0.3, -0.25) is 0 Å². The third kappa shape index (κ3) is 5.68. The lowest BCUT2D eigenvalue weighted by Gasteiger charge is -2.60. The third-order valence-electron chi connectivity index (χ3n) is 11.8. The molecule has 2 nitrogen and oxygen atoms in total. The molecule has 0 spiro atoms. The predicted molar refractivity (Wildman–Crippen MR) is 146 cm³/mol. The van der Waals surface area contributed by atoms with Crippen molar-refractivity contribution < 1.29 is 5.11 Å². The van der Waals surface area contributed by atoms with E-state index in [1.807, 2.05) is 0 Å². The molecule has 2 aliphatic rings. The maximum absolute atomic E-state index is 10.6. The van der Waals surface area contributed by atoms with E-state index in [1.54, 1.807) is 0 Å². The largest absolute Gasteiger partial charge is 0.393 e. The maximum atomic E-state index is 10.6. The number of nitrogens with one attached hydrogen (secondary N) is 1. The molecule has 2 N–H and O–H groups in total. The van der Waals surface area contributed by atoms with Crippen LogP contribution in [0.4, 0.5) is 0 Å². The molecule has 0 aliphatic heterocycles. The number of hydrogen-bond donors (Lipinski definition) is 2. The van der Waals surface area contributed by atoms with Gasteiger partial charge in [-0.15, -0.1) is 0 Å². The predicted octanol–water partition coefficient (Wildman–Crippen LogP) is 8.62. The highest BCUT2D eigenvalue weighted by molar-refractivity contribution is 5.08. The second-order valence-corrected chi connectivity index (χ2v) is 14.8. The average molecular weight is 464 g/mol. The summed E-state index contributed by atoms with van der Waals surface area (Å²) in [6, 6.07) is 0.587. The van der Waals surface area contributed by atoms with Gasteiger partial charge in [0, 0.05) is 6.04 Å². The Morgan fingerprint density at radius 2 is 1.61 bits per heavy atom. The zero-order chi connectivity index (χ0) is 25.3. The highest BCUT2D eigenvalue weighted by Gasteiger charge is 2.58. The molecule has 1 unspecified atom stereocenters. The first-order valence-electron chi connectivity index (χ1n) is 14.5. The first-order valence-corrected chi connectivity index (χ1v) is 14.5. The van der Waals surface area contributed by atoms with Gasteiger partial charge in [0.2, 0.25) is 0 Å². The van der Waals surface area contributed by atoms with Crippen LogP contribution < -0.4 is 5.32 Å². The minimum atomic E-state index is -0.112. The summed E-state index contributed by atoms with van der Waals surface area (Å²) >= 11 is 0. The molecular weight excluding hydrogens is 402 g/mol. The van der Waals surface area contributed by atoms with Crippen molar-refractivity contribution in [3.8, 4) is 0 Å². The van der Waals surface area contributed by atoms with E-state index < -0.39 is 0 Å². The summed E-state index contributed by atoms with van der Waals surface area (Å²) in [7, 11) is 0. The van der Waals surface area contributed by atoms with E-state index in [0.29, 0.717) is 16.9 Å². The van der Waals surface area contributed by atoms with Crippen LogP contribution in [-0.4, -0.2) is 23.8 Å². The van der Waals surface area contributed by atoms with Gasteiger partial charge in [-0.05, 0) is 110 Å². The first kappa shape index (κ1) is 29.2. The van der Waals surface area contributed by atoms with Crippen LogP contribution in [0.25, 0.3) is 0 Å². The molecule has 33 heavy (non-hydrogen) atoms. The van der Waals surface area contributed by atoms with E-state index in [0.717, 1.165) is 37.6 Å². The lowest BCUT2D eigenvalue weighted by Crippen LogP contribution is -2.53. The van der Waals surface area contributed by atoms with Crippen LogP contribution in [0.5, 0.6) is 0 Å². The van der Waals surface area contributed by atoms with Gasteiger partial charge in [0.25, 0.3) is 0 Å². The molecule has 6 atom stereocenters. The molecule has 2 heteroatoms. The minimum absolute atomic E-state index is 0.112. The van der Waals surface area contributed by atoms with Gasteiger partial charge < -0.3 is 10.4 Å². The Morgan fingerprint density at radius 3 is 2.18 bits per heavy atom. The van der Waals surface area contributed by atoms with Crippen molar-refractivity contribution in [3.63, 3.8) is 0 Å². The summed E-state index contributed by atoms with van der Waals surface area (Å²) < 4.78 is 0. The van der Waals surface area contributed by atoms with Crippen LogP contribution in [0.3, 0.4) is 0 Å². The molecule has 0 saturated heterocycles. The smallest absolute Gasteiger partial charge is 0.0545 e. The number of aliphatic hydroxyl groups is 1. The molecule has 0 heterocycles. The Morgan fingerprint density at radius 1 is 0.970 bits per heavy atom. The molecule has 0 amide bonds. The second-order valence-electron chi connectivity index (χ2n) is 14.8. The molecule has 2 fully saturated rings. The SMILES string of the molecule is CCC[C@@]1(C)C[C@@H](O)CC[C@]1(C)C(C)(C)CC[C@]1(C)[C@@H](C(C)NCCC(C)C)CCC1(C)C. The van der Waals surface area contributed by atoms with Crippen LogP contribution in [0, 0.1) is 38.9 Å². The monoisotopic (exact) mass is 463 g/mol. The molecule has 2 rings (SSSR count). The fourth-order valence-electron chi connectivity index (χ4n) is 8.23. The van der Waals surface area contributed by atoms with E-state index in [2.05, 4.69) is 81.5 Å². The molecular formula is C31H61NO. The highest BCUT2D eigenvalue weighted by Crippen LogP contribution is 2.65. The standard InChI is InChI=1S/C31H61NO/c1-12-16-29(9)22-25(33)13-18-31(29,11)28(7,8)19-20-30(10)26(14-17-27(30,5)6)24(4)32-21-15-23(2)3/h23-26,32-33H,12-22H2,1-11H3/t24?,25-,26+,29-,30+,31+/m0/s1. The Kier molecular flexibility index (Phi) is 9.27. The van der Waals surface area contributed by atoms with Gasteiger partial charge in [0.15, 0.2) is 0 Å². The van der Waals surface area contributed by atoms with Crippen molar-refractivity contribution in [1.29, 1.82) is 0 Å². The van der Waals surface area contributed by atoms with Crippen LogP contribution in [-0.2, 0) is 0 Å². The van der Waals surface area contributed by atoms with Gasteiger partial charge in [0.1, 0.15) is 0 Å². The summed E-state index contributed by atoms with van der Waals surface area (Å²) in [5.41, 5.74) is 1.50. The van der Waals surface area contributed by atoms with E-state index >= 15 is 0 Å². The Labute approximate surface area is 208 Å². The van der Waals surface area contributed by atoms with Crippen molar-refractivity contribution >= 4 is 0 Å². The molecule has 196 valence electrons. The van der Waals surface area contributed by atoms with Crippen molar-refractivity contribution in [2.24, 2.45) is 38.9 Å². The van der Waals surface area contributed by atoms with Crippen LogP contribution >= 0.6 is 0 Å². The van der Waals surface area contributed by atoms with Gasteiger partial charge in [-0.1, -0.05) is 75.7 Å². The zero-order valence-corrected chi connectivity index (χ0v) is 24.5. The van der Waals surface area contributed by atoms with Gasteiger partial charge >= 0.3 is 0 Å². The molecule has 0 radical (unpaired) electrons. The zero-order valence-electron chi connectivity index (χ0n) is 24.5. The third-order valence-corrected chi connectivity index (χ3v) is 11.8. The van der Waals surface area contributed by atoms with Crippen LogP contribution in [0.2, 0.25) is 0 Å². The molecule has 0 bridgehead atoms. The van der Waals surface area contributed by atoms with Crippen molar-refractivity contribution in [3.05, 3.63) is 0 Å². The number of hydrogen-bond acceptors (Lipinski definition) is 2. The topological polar surface area (TPSA) is 32.3 Å². The Hall–Kier alpha value is -0.0800. The summed E-state index contributed by atoms with van der Waals surface area (Å²) in [4.78, 5) is 0. The van der Waals surface area contributed by atoms with Crippen LogP contribution in [0.15, 0.2) is 0 Å². The van der Waals surface area contributed by atoms with Gasteiger partial charge in [0.05, 0.1) is 6.10 Å². The first-order chi connectivity index (χ1) is 15.1. The highest BCUT2D eigenvalue weighted by atomic mass is 16.3. The summed E-state index contributed by atoms with van der Waals surface area (Å²) in [5.74, 6) is 1.52. The van der Waals surface area contributed by atoms with Gasteiger partial charge in [-0.25, -0.2) is 0 Å². The second kappa shape index (κ2) is 10.5. The van der Waals surface area contributed by atoms with E-state index in [-0.39, 0.29) is 22.3 Å². The fraction of sp³-hybridized carbons (Fsp3) is 1.00. The normalized spacial score (nSPS) is 38.1. The molecule has 0 aromatic heterocycles. The summed E-state index contributed by atoms with van der Waals surface area (Å²) in [6.45, 7) is 28.5.